The van der Waals surface area contributed by atoms with Crippen LogP contribution >= 0.6 is 7.52 Å². The summed E-state index contributed by atoms with van der Waals surface area (Å²) < 4.78 is 22.0. The van der Waals surface area contributed by atoms with Gasteiger partial charge in [-0.3, -0.25) is 9.36 Å². The predicted molar refractivity (Wildman–Crippen MR) is 63.6 cm³/mol. The second-order valence-electron chi connectivity index (χ2n) is 4.02. The average Bonchev–Trinajstić information content (AvgIpc) is 2.13. The van der Waals surface area contributed by atoms with E-state index in [2.05, 4.69) is 5.09 Å². The minimum absolute atomic E-state index is 0.176. The molecule has 0 saturated carbocycles. The Labute approximate surface area is 97.4 Å². The molecule has 0 aliphatic rings. The highest BCUT2D eigenvalue weighted by Gasteiger charge is 2.24. The van der Waals surface area contributed by atoms with Gasteiger partial charge in [0, 0.05) is 6.66 Å². The minimum atomic E-state index is -2.91. The van der Waals surface area contributed by atoms with Gasteiger partial charge in [-0.05, 0) is 27.2 Å². The van der Waals surface area contributed by atoms with Gasteiger partial charge in [0.1, 0.15) is 6.04 Å². The van der Waals surface area contributed by atoms with Crippen LogP contribution in [0.1, 0.15) is 34.1 Å². The first-order valence-corrected chi connectivity index (χ1v) is 7.56. The molecule has 6 heteroatoms. The lowest BCUT2D eigenvalue weighted by Gasteiger charge is -2.20. The normalized spacial score (nSPS) is 16.9. The van der Waals surface area contributed by atoms with E-state index < -0.39 is 19.5 Å². The van der Waals surface area contributed by atoms with E-state index in [-0.39, 0.29) is 6.10 Å². The summed E-state index contributed by atoms with van der Waals surface area (Å²) in [7, 11) is -2.91. The molecule has 1 N–H and O–H groups in total. The van der Waals surface area contributed by atoms with Crippen LogP contribution in [0.5, 0.6) is 0 Å². The van der Waals surface area contributed by atoms with Gasteiger partial charge in [-0.1, -0.05) is 6.92 Å². The number of carbonyl (C=O) groups excluding carboxylic acids is 1. The largest absolute Gasteiger partial charge is 0.462 e. The van der Waals surface area contributed by atoms with E-state index in [9.17, 15) is 9.36 Å². The maximum Gasteiger partial charge on any atom is 0.323 e. The molecular formula is C10H22NO4P. The van der Waals surface area contributed by atoms with Crippen LogP contribution in [-0.4, -0.2) is 31.4 Å². The number of esters is 1. The van der Waals surface area contributed by atoms with Gasteiger partial charge in [-0.2, -0.15) is 0 Å². The van der Waals surface area contributed by atoms with Gasteiger partial charge in [0.15, 0.2) is 0 Å². The quantitative estimate of drug-likeness (QED) is 0.555. The summed E-state index contributed by atoms with van der Waals surface area (Å²) in [4.78, 5) is 11.4. The van der Waals surface area contributed by atoms with Crippen LogP contribution in [0.25, 0.3) is 0 Å². The van der Waals surface area contributed by atoms with Crippen molar-refractivity contribution in [1.82, 2.24) is 5.09 Å². The van der Waals surface area contributed by atoms with Gasteiger partial charge in [0.05, 0.1) is 12.7 Å². The Morgan fingerprint density at radius 2 is 1.94 bits per heavy atom. The van der Waals surface area contributed by atoms with E-state index in [1.54, 1.807) is 20.8 Å². The van der Waals surface area contributed by atoms with Gasteiger partial charge in [-0.15, -0.1) is 0 Å². The lowest BCUT2D eigenvalue weighted by Crippen LogP contribution is -2.34. The fraction of sp³-hybridized carbons (Fsp3) is 0.900. The highest BCUT2D eigenvalue weighted by molar-refractivity contribution is 7.56. The van der Waals surface area contributed by atoms with Crippen LogP contribution in [0.3, 0.4) is 0 Å². The Morgan fingerprint density at radius 3 is 2.38 bits per heavy atom. The third kappa shape index (κ3) is 6.99. The van der Waals surface area contributed by atoms with Crippen LogP contribution in [-0.2, 0) is 18.6 Å². The van der Waals surface area contributed by atoms with Crippen LogP contribution in [0, 0.1) is 0 Å². The summed E-state index contributed by atoms with van der Waals surface area (Å²) in [5.74, 6) is -0.419. The first-order chi connectivity index (χ1) is 7.28. The SMILES string of the molecule is CCCO[P@@](C)(=O)N[C@@H](C)C(=O)OC(C)C. The van der Waals surface area contributed by atoms with Crippen LogP contribution < -0.4 is 5.09 Å². The summed E-state index contributed by atoms with van der Waals surface area (Å²) in [6.07, 6.45) is 0.606. The van der Waals surface area contributed by atoms with E-state index in [1.165, 1.54) is 6.66 Å². The van der Waals surface area contributed by atoms with E-state index in [0.717, 1.165) is 6.42 Å². The van der Waals surface area contributed by atoms with Crippen molar-refractivity contribution in [2.45, 2.75) is 46.3 Å². The molecule has 0 aliphatic heterocycles. The second kappa shape index (κ2) is 7.05. The highest BCUT2D eigenvalue weighted by atomic mass is 31.2. The Kier molecular flexibility index (Phi) is 6.88. The fourth-order valence-corrected chi connectivity index (χ4v) is 2.46. The monoisotopic (exact) mass is 251 g/mol. The number of ether oxygens (including phenoxy) is 1. The zero-order valence-corrected chi connectivity index (χ0v) is 11.5. The Balaban J connectivity index is 4.16. The molecule has 0 rings (SSSR count). The van der Waals surface area contributed by atoms with Gasteiger partial charge in [0.25, 0.3) is 7.52 Å². The smallest absolute Gasteiger partial charge is 0.323 e. The van der Waals surface area contributed by atoms with Crippen molar-refractivity contribution in [3.63, 3.8) is 0 Å². The van der Waals surface area contributed by atoms with Crippen molar-refractivity contribution in [2.75, 3.05) is 13.3 Å². The van der Waals surface area contributed by atoms with Crippen molar-refractivity contribution in [2.24, 2.45) is 0 Å². The molecule has 0 fully saturated rings. The molecule has 16 heavy (non-hydrogen) atoms. The number of hydrogen-bond donors (Lipinski definition) is 1. The molecule has 0 unspecified atom stereocenters. The summed E-state index contributed by atoms with van der Waals surface area (Å²) in [5, 5.41) is 2.65. The maximum absolute atomic E-state index is 11.8. The molecule has 0 aromatic carbocycles. The zero-order valence-electron chi connectivity index (χ0n) is 10.6. The average molecular weight is 251 g/mol. The molecule has 0 aliphatic carbocycles. The molecule has 0 spiro atoms. The van der Waals surface area contributed by atoms with E-state index in [0.29, 0.717) is 6.61 Å². The maximum atomic E-state index is 11.8. The van der Waals surface area contributed by atoms with E-state index >= 15 is 0 Å². The zero-order chi connectivity index (χ0) is 12.8. The van der Waals surface area contributed by atoms with Crippen molar-refractivity contribution >= 4 is 13.5 Å². The summed E-state index contributed by atoms with van der Waals surface area (Å²) >= 11 is 0. The number of carbonyl (C=O) groups is 1. The van der Waals surface area contributed by atoms with Crippen molar-refractivity contribution < 1.29 is 18.6 Å². The first-order valence-electron chi connectivity index (χ1n) is 5.49. The molecule has 0 heterocycles. The Morgan fingerprint density at radius 1 is 1.38 bits per heavy atom. The minimum Gasteiger partial charge on any atom is -0.462 e. The van der Waals surface area contributed by atoms with Gasteiger partial charge in [-0.25, -0.2) is 5.09 Å². The highest BCUT2D eigenvalue weighted by Crippen LogP contribution is 2.38. The lowest BCUT2D eigenvalue weighted by molar-refractivity contribution is -0.149. The standard InChI is InChI=1S/C10H22NO4P/c1-6-7-14-16(5,13)11-9(4)10(12)15-8(2)3/h8-9H,6-7H2,1-5H3,(H,11,13)/t9-,16+/m0/s1. The predicted octanol–water partition coefficient (Wildman–Crippen LogP) is 2.17. The molecule has 2 atom stereocenters. The molecule has 0 saturated heterocycles. The molecule has 0 aromatic rings. The van der Waals surface area contributed by atoms with Crippen LogP contribution in [0.2, 0.25) is 0 Å². The van der Waals surface area contributed by atoms with Gasteiger partial charge < -0.3 is 9.26 Å². The summed E-state index contributed by atoms with van der Waals surface area (Å²) in [5.41, 5.74) is 0. The van der Waals surface area contributed by atoms with Crippen LogP contribution in [0.15, 0.2) is 0 Å². The van der Waals surface area contributed by atoms with Crippen LogP contribution in [0.4, 0.5) is 0 Å². The lowest BCUT2D eigenvalue weighted by atomic mass is 10.4. The van der Waals surface area contributed by atoms with Gasteiger partial charge >= 0.3 is 5.97 Å². The molecule has 0 radical (unpaired) electrons. The number of nitrogens with one attached hydrogen (secondary N) is 1. The molecule has 0 bridgehead atoms. The summed E-state index contributed by atoms with van der Waals surface area (Å²) in [6, 6.07) is -0.630. The van der Waals surface area contributed by atoms with Crippen molar-refractivity contribution in [3.8, 4) is 0 Å². The van der Waals surface area contributed by atoms with E-state index in [4.69, 9.17) is 9.26 Å². The summed E-state index contributed by atoms with van der Waals surface area (Å²) in [6.45, 7) is 8.94. The second-order valence-corrected chi connectivity index (χ2v) is 6.22. The Hall–Kier alpha value is -0.380. The third-order valence-corrected chi connectivity index (χ3v) is 3.21. The Bertz CT molecular complexity index is 268. The molecule has 0 amide bonds. The molecule has 96 valence electrons. The number of rotatable bonds is 7. The number of hydrogen-bond acceptors (Lipinski definition) is 4. The first kappa shape index (κ1) is 15.6. The molecule has 5 nitrogen and oxygen atoms in total. The van der Waals surface area contributed by atoms with Crippen molar-refractivity contribution in [3.05, 3.63) is 0 Å². The third-order valence-electron chi connectivity index (χ3n) is 1.68. The van der Waals surface area contributed by atoms with Crippen molar-refractivity contribution in [1.29, 1.82) is 0 Å². The van der Waals surface area contributed by atoms with Gasteiger partial charge in [0.2, 0.25) is 0 Å². The molecular weight excluding hydrogens is 229 g/mol. The topological polar surface area (TPSA) is 64.6 Å². The van der Waals surface area contributed by atoms with E-state index in [1.807, 2.05) is 6.92 Å². The molecule has 0 aromatic heterocycles. The fourth-order valence-electron chi connectivity index (χ4n) is 1.04.